The summed E-state index contributed by atoms with van der Waals surface area (Å²) in [5, 5.41) is 8.73. The normalized spacial score (nSPS) is 9.86. The van der Waals surface area contributed by atoms with Crippen LogP contribution in [-0.4, -0.2) is 39.5 Å². The summed E-state index contributed by atoms with van der Waals surface area (Å²) in [5.74, 6) is 4.88. The number of nitrogens with one attached hydrogen (secondary N) is 1. The molecule has 0 fully saturated rings. The van der Waals surface area contributed by atoms with Crippen LogP contribution in [-0.2, 0) is 6.54 Å². The van der Waals surface area contributed by atoms with Gasteiger partial charge in [-0.25, -0.2) is 9.37 Å². The second-order valence-corrected chi connectivity index (χ2v) is 4.35. The number of carbonyl (C=O) groups is 1. The number of rotatable bonds is 3. The van der Waals surface area contributed by atoms with E-state index in [0.29, 0.717) is 12.4 Å². The Kier molecular flexibility index (Phi) is 4.69. The Morgan fingerprint density at radius 2 is 2.33 bits per heavy atom. The number of hydrogen-bond donors (Lipinski definition) is 2. The summed E-state index contributed by atoms with van der Waals surface area (Å²) >= 11 is 0. The first-order chi connectivity index (χ1) is 10.1. The molecule has 6 heteroatoms. The van der Waals surface area contributed by atoms with Crippen LogP contribution in [0.5, 0.6) is 0 Å². The summed E-state index contributed by atoms with van der Waals surface area (Å²) < 4.78 is 13.3. The predicted molar refractivity (Wildman–Crippen MR) is 74.7 cm³/mol. The largest absolute Gasteiger partial charge is 0.384 e. The number of halogens is 1. The van der Waals surface area contributed by atoms with Crippen LogP contribution in [0, 0.1) is 17.7 Å². The molecule has 2 aromatic rings. The van der Waals surface area contributed by atoms with E-state index in [-0.39, 0.29) is 23.6 Å². The molecule has 0 bridgehead atoms. The fraction of sp³-hybridized carbons (Fsp3) is 0.200. The van der Waals surface area contributed by atoms with Gasteiger partial charge in [0.25, 0.3) is 5.91 Å². The molecule has 0 aliphatic rings. The Labute approximate surface area is 121 Å². The Balaban J connectivity index is 2.25. The molecule has 0 spiro atoms. The van der Waals surface area contributed by atoms with Crippen LogP contribution in [0.25, 0.3) is 0 Å². The highest BCUT2D eigenvalue weighted by Gasteiger charge is 2.16. The summed E-state index contributed by atoms with van der Waals surface area (Å²) in [6.07, 6.45) is 3.27. The van der Waals surface area contributed by atoms with Crippen LogP contribution in [0.15, 0.2) is 30.6 Å². The van der Waals surface area contributed by atoms with Gasteiger partial charge in [-0.15, -0.1) is 0 Å². The number of benzene rings is 1. The van der Waals surface area contributed by atoms with Gasteiger partial charge in [-0.05, 0) is 18.2 Å². The quantitative estimate of drug-likeness (QED) is 0.832. The third-order valence-corrected chi connectivity index (χ3v) is 2.80. The van der Waals surface area contributed by atoms with Crippen molar-refractivity contribution < 1.29 is 14.3 Å². The zero-order valence-corrected chi connectivity index (χ0v) is 11.4. The molecule has 0 radical (unpaired) electrons. The second-order valence-electron chi connectivity index (χ2n) is 4.35. The van der Waals surface area contributed by atoms with Gasteiger partial charge in [0.1, 0.15) is 18.2 Å². The van der Waals surface area contributed by atoms with Crippen LogP contribution in [0.1, 0.15) is 21.7 Å². The Morgan fingerprint density at radius 3 is 3.00 bits per heavy atom. The second kappa shape index (κ2) is 6.68. The van der Waals surface area contributed by atoms with Crippen molar-refractivity contribution in [3.8, 4) is 11.8 Å². The summed E-state index contributed by atoms with van der Waals surface area (Å²) in [6.45, 7) is -0.0531. The maximum Gasteiger partial charge on any atom is 0.255 e. The fourth-order valence-electron chi connectivity index (χ4n) is 1.83. The number of aromatic nitrogens is 2. The number of carbonyl (C=O) groups excluding carboxylic acids is 1. The molecule has 0 saturated carbocycles. The molecule has 0 unspecified atom stereocenters. The third-order valence-electron chi connectivity index (χ3n) is 2.80. The molecule has 21 heavy (non-hydrogen) atoms. The molecular formula is C15H14FN3O2. The minimum absolute atomic E-state index is 0.250. The van der Waals surface area contributed by atoms with E-state index in [0.717, 1.165) is 0 Å². The van der Waals surface area contributed by atoms with E-state index in [9.17, 15) is 9.18 Å². The van der Waals surface area contributed by atoms with Gasteiger partial charge in [0.15, 0.2) is 0 Å². The lowest BCUT2D eigenvalue weighted by atomic mass is 10.1. The number of aliphatic hydroxyl groups is 1. The number of nitrogens with zero attached hydrogens (tertiary/aromatic N) is 2. The van der Waals surface area contributed by atoms with E-state index in [4.69, 9.17) is 5.11 Å². The lowest BCUT2D eigenvalue weighted by molar-refractivity contribution is 0.0781. The lowest BCUT2D eigenvalue weighted by Crippen LogP contribution is -2.27. The third kappa shape index (κ3) is 3.68. The average Bonchev–Trinajstić information content (AvgIpc) is 2.97. The van der Waals surface area contributed by atoms with Crippen molar-refractivity contribution in [2.24, 2.45) is 0 Å². The van der Waals surface area contributed by atoms with E-state index < -0.39 is 5.82 Å². The first kappa shape index (κ1) is 14.8. The van der Waals surface area contributed by atoms with Gasteiger partial charge < -0.3 is 15.0 Å². The summed E-state index contributed by atoms with van der Waals surface area (Å²) in [4.78, 5) is 20.8. The van der Waals surface area contributed by atoms with Gasteiger partial charge in [-0.3, -0.25) is 4.79 Å². The zero-order chi connectivity index (χ0) is 15.2. The maximum absolute atomic E-state index is 13.3. The van der Waals surface area contributed by atoms with Gasteiger partial charge in [0.2, 0.25) is 0 Å². The van der Waals surface area contributed by atoms with Gasteiger partial charge in [0.05, 0.1) is 12.1 Å². The van der Waals surface area contributed by atoms with Crippen LogP contribution in [0.3, 0.4) is 0 Å². The molecule has 0 aliphatic heterocycles. The number of H-pyrrole nitrogens is 1. The van der Waals surface area contributed by atoms with Crippen LogP contribution in [0.2, 0.25) is 0 Å². The highest BCUT2D eigenvalue weighted by molar-refractivity contribution is 5.96. The highest BCUT2D eigenvalue weighted by atomic mass is 19.1. The van der Waals surface area contributed by atoms with Crippen molar-refractivity contribution in [1.29, 1.82) is 0 Å². The van der Waals surface area contributed by atoms with Crippen molar-refractivity contribution in [2.75, 3.05) is 13.7 Å². The lowest BCUT2D eigenvalue weighted by Gasteiger charge is -2.16. The van der Waals surface area contributed by atoms with E-state index >= 15 is 0 Å². The molecule has 0 aliphatic carbocycles. The summed E-state index contributed by atoms with van der Waals surface area (Å²) in [6, 6.07) is 3.77. The van der Waals surface area contributed by atoms with Crippen LogP contribution >= 0.6 is 0 Å². The molecule has 1 heterocycles. The average molecular weight is 287 g/mol. The Morgan fingerprint density at radius 1 is 1.52 bits per heavy atom. The topological polar surface area (TPSA) is 69.2 Å². The van der Waals surface area contributed by atoms with E-state index in [1.165, 1.54) is 23.1 Å². The van der Waals surface area contributed by atoms with Crippen LogP contribution < -0.4 is 0 Å². The van der Waals surface area contributed by atoms with Gasteiger partial charge >= 0.3 is 0 Å². The summed E-state index contributed by atoms with van der Waals surface area (Å²) in [5.41, 5.74) is 0.534. The Bertz CT molecular complexity index is 687. The molecular weight excluding hydrogens is 273 g/mol. The Hall–Kier alpha value is -2.65. The minimum Gasteiger partial charge on any atom is -0.384 e. The molecule has 0 atom stereocenters. The van der Waals surface area contributed by atoms with Crippen molar-refractivity contribution in [3.63, 3.8) is 0 Å². The van der Waals surface area contributed by atoms with Crippen molar-refractivity contribution in [3.05, 3.63) is 53.4 Å². The number of hydrogen-bond acceptors (Lipinski definition) is 3. The molecule has 1 aromatic carbocycles. The standard InChI is InChI=1S/C15H14FN3O2/c1-19(10-14-17-6-7-18-14)15(21)13-5-4-12(16)9-11(13)3-2-8-20/h4-7,9,20H,8,10H2,1H3,(H,17,18). The maximum atomic E-state index is 13.3. The SMILES string of the molecule is CN(Cc1ncc[nH]1)C(=O)c1ccc(F)cc1C#CCO. The minimum atomic E-state index is -0.484. The molecule has 1 amide bonds. The first-order valence-electron chi connectivity index (χ1n) is 6.25. The monoisotopic (exact) mass is 287 g/mol. The summed E-state index contributed by atoms with van der Waals surface area (Å²) in [7, 11) is 1.62. The molecule has 108 valence electrons. The molecule has 2 N–H and O–H groups in total. The zero-order valence-electron chi connectivity index (χ0n) is 11.4. The van der Waals surface area contributed by atoms with E-state index in [1.807, 2.05) is 0 Å². The van der Waals surface area contributed by atoms with Gasteiger partial charge in [-0.2, -0.15) is 0 Å². The smallest absolute Gasteiger partial charge is 0.255 e. The molecule has 2 rings (SSSR count). The molecule has 1 aromatic heterocycles. The predicted octanol–water partition coefficient (Wildman–Crippen LogP) is 1.16. The fourth-order valence-corrected chi connectivity index (χ4v) is 1.83. The van der Waals surface area contributed by atoms with Crippen molar-refractivity contribution >= 4 is 5.91 Å². The van der Waals surface area contributed by atoms with Crippen molar-refractivity contribution in [1.82, 2.24) is 14.9 Å². The first-order valence-corrected chi connectivity index (χ1v) is 6.25. The van der Waals surface area contributed by atoms with Crippen LogP contribution in [0.4, 0.5) is 4.39 Å². The number of amides is 1. The number of imidazole rings is 1. The highest BCUT2D eigenvalue weighted by Crippen LogP contribution is 2.13. The molecule has 0 saturated heterocycles. The van der Waals surface area contributed by atoms with E-state index in [1.54, 1.807) is 19.4 Å². The number of aromatic amines is 1. The molecule has 5 nitrogen and oxygen atoms in total. The number of aliphatic hydroxyl groups excluding tert-OH is 1. The van der Waals surface area contributed by atoms with Gasteiger partial charge in [0, 0.05) is 25.0 Å². The van der Waals surface area contributed by atoms with Crippen molar-refractivity contribution in [2.45, 2.75) is 6.54 Å². The van der Waals surface area contributed by atoms with Gasteiger partial charge in [-0.1, -0.05) is 11.8 Å². The van der Waals surface area contributed by atoms with E-state index in [2.05, 4.69) is 21.8 Å².